The molecular weight excluding hydrogens is 246 g/mol. The number of carboxylic acids is 1. The molecule has 104 valence electrons. The molecule has 5 nitrogen and oxygen atoms in total. The van der Waals surface area contributed by atoms with Gasteiger partial charge >= 0.3 is 5.97 Å². The minimum atomic E-state index is -1.12. The quantitative estimate of drug-likeness (QED) is 0.775. The number of carboxylic acid groups (broad SMARTS) is 1. The van der Waals surface area contributed by atoms with Crippen LogP contribution in [0, 0.1) is 5.92 Å². The minimum absolute atomic E-state index is 0.0282. The number of aliphatic carboxylic acids is 1. The first-order valence-corrected chi connectivity index (χ1v) is 6.25. The lowest BCUT2D eigenvalue weighted by Crippen LogP contribution is -2.29. The molecule has 1 atom stereocenters. The molecule has 0 aliphatic carbocycles. The van der Waals surface area contributed by atoms with E-state index in [1.165, 1.54) is 0 Å². The molecule has 0 fully saturated rings. The SMILES string of the molecule is CCC(C(=O)O)C(=O)Nc1ccccc1OC(C)C. The molecule has 1 amide bonds. The van der Waals surface area contributed by atoms with E-state index in [1.807, 2.05) is 13.8 Å². The van der Waals surface area contributed by atoms with Crippen LogP contribution in [0.15, 0.2) is 24.3 Å². The van der Waals surface area contributed by atoms with E-state index < -0.39 is 17.8 Å². The van der Waals surface area contributed by atoms with Crippen molar-refractivity contribution in [2.75, 3.05) is 5.32 Å². The van der Waals surface area contributed by atoms with Gasteiger partial charge in [0.2, 0.25) is 5.91 Å². The number of ether oxygens (including phenoxy) is 1. The smallest absolute Gasteiger partial charge is 0.316 e. The number of hydrogen-bond donors (Lipinski definition) is 2. The highest BCUT2D eigenvalue weighted by atomic mass is 16.5. The summed E-state index contributed by atoms with van der Waals surface area (Å²) < 4.78 is 5.56. The van der Waals surface area contributed by atoms with E-state index in [4.69, 9.17) is 9.84 Å². The van der Waals surface area contributed by atoms with Crippen molar-refractivity contribution in [1.29, 1.82) is 0 Å². The molecule has 1 aromatic rings. The Labute approximate surface area is 112 Å². The molecule has 0 saturated carbocycles. The Morgan fingerprint density at radius 1 is 1.32 bits per heavy atom. The summed E-state index contributed by atoms with van der Waals surface area (Å²) in [5.74, 6) is -2.17. The second-order valence-corrected chi connectivity index (χ2v) is 4.45. The van der Waals surface area contributed by atoms with Crippen LogP contribution >= 0.6 is 0 Å². The zero-order valence-electron chi connectivity index (χ0n) is 11.3. The number of rotatable bonds is 6. The third-order valence-electron chi connectivity index (χ3n) is 2.53. The molecule has 0 aromatic heterocycles. The number of para-hydroxylation sites is 2. The molecule has 0 spiro atoms. The fourth-order valence-corrected chi connectivity index (χ4v) is 1.62. The molecule has 1 aromatic carbocycles. The Morgan fingerprint density at radius 2 is 1.95 bits per heavy atom. The Hall–Kier alpha value is -2.04. The first-order valence-electron chi connectivity index (χ1n) is 6.25. The molecular formula is C14H19NO4. The van der Waals surface area contributed by atoms with Crippen molar-refractivity contribution < 1.29 is 19.4 Å². The maximum atomic E-state index is 11.9. The van der Waals surface area contributed by atoms with E-state index in [-0.39, 0.29) is 12.5 Å². The predicted octanol–water partition coefficient (Wildman–Crippen LogP) is 2.52. The molecule has 0 heterocycles. The van der Waals surface area contributed by atoms with Crippen LogP contribution in [-0.4, -0.2) is 23.1 Å². The van der Waals surface area contributed by atoms with Gasteiger partial charge in [-0.25, -0.2) is 0 Å². The maximum absolute atomic E-state index is 11.9. The van der Waals surface area contributed by atoms with Crippen molar-refractivity contribution in [2.24, 2.45) is 5.92 Å². The summed E-state index contributed by atoms with van der Waals surface area (Å²) in [5, 5.41) is 11.5. The molecule has 1 unspecified atom stereocenters. The number of benzene rings is 1. The molecule has 0 aliphatic heterocycles. The lowest BCUT2D eigenvalue weighted by atomic mass is 10.1. The van der Waals surface area contributed by atoms with Crippen molar-refractivity contribution in [1.82, 2.24) is 0 Å². The van der Waals surface area contributed by atoms with E-state index >= 15 is 0 Å². The van der Waals surface area contributed by atoms with Gasteiger partial charge in [-0.15, -0.1) is 0 Å². The second-order valence-electron chi connectivity index (χ2n) is 4.45. The van der Waals surface area contributed by atoms with Crippen LogP contribution in [0.3, 0.4) is 0 Å². The summed E-state index contributed by atoms with van der Waals surface area (Å²) in [6.45, 7) is 5.42. The molecule has 0 aliphatic rings. The van der Waals surface area contributed by atoms with Crippen LogP contribution in [0.25, 0.3) is 0 Å². The molecule has 0 saturated heterocycles. The van der Waals surface area contributed by atoms with Crippen LogP contribution in [0.2, 0.25) is 0 Å². The van der Waals surface area contributed by atoms with Crippen LogP contribution in [0.1, 0.15) is 27.2 Å². The van der Waals surface area contributed by atoms with Gasteiger partial charge in [0.25, 0.3) is 0 Å². The molecule has 0 radical (unpaired) electrons. The van der Waals surface area contributed by atoms with Crippen LogP contribution < -0.4 is 10.1 Å². The van der Waals surface area contributed by atoms with Gasteiger partial charge in [0.15, 0.2) is 0 Å². The fourth-order valence-electron chi connectivity index (χ4n) is 1.62. The lowest BCUT2D eigenvalue weighted by molar-refractivity contribution is -0.145. The third-order valence-corrected chi connectivity index (χ3v) is 2.53. The van der Waals surface area contributed by atoms with Gasteiger partial charge in [-0.1, -0.05) is 19.1 Å². The van der Waals surface area contributed by atoms with Gasteiger partial charge in [-0.3, -0.25) is 9.59 Å². The van der Waals surface area contributed by atoms with Crippen molar-refractivity contribution in [3.63, 3.8) is 0 Å². The van der Waals surface area contributed by atoms with E-state index in [2.05, 4.69) is 5.32 Å². The van der Waals surface area contributed by atoms with E-state index in [9.17, 15) is 9.59 Å². The van der Waals surface area contributed by atoms with Crippen molar-refractivity contribution >= 4 is 17.6 Å². The van der Waals surface area contributed by atoms with E-state index in [0.29, 0.717) is 11.4 Å². The molecule has 19 heavy (non-hydrogen) atoms. The summed E-state index contributed by atoms with van der Waals surface area (Å²) in [6.07, 6.45) is 0.216. The van der Waals surface area contributed by atoms with Gasteiger partial charge in [0, 0.05) is 0 Å². The number of anilines is 1. The summed E-state index contributed by atoms with van der Waals surface area (Å²) in [7, 11) is 0. The normalized spacial score (nSPS) is 12.0. The standard InChI is InChI=1S/C14H19NO4/c1-4-10(14(17)18)13(16)15-11-7-5-6-8-12(11)19-9(2)3/h5-10H,4H2,1-3H3,(H,15,16)(H,17,18). The Kier molecular flexibility index (Phi) is 5.36. The summed E-state index contributed by atoms with van der Waals surface area (Å²) >= 11 is 0. The molecule has 5 heteroatoms. The summed E-state index contributed by atoms with van der Waals surface area (Å²) in [6, 6.07) is 6.97. The van der Waals surface area contributed by atoms with E-state index in [1.54, 1.807) is 31.2 Å². The fraction of sp³-hybridized carbons (Fsp3) is 0.429. The predicted molar refractivity (Wildman–Crippen MR) is 72.3 cm³/mol. The third kappa shape index (κ3) is 4.28. The average molecular weight is 265 g/mol. The lowest BCUT2D eigenvalue weighted by Gasteiger charge is -2.16. The minimum Gasteiger partial charge on any atom is -0.489 e. The topological polar surface area (TPSA) is 75.6 Å². The van der Waals surface area contributed by atoms with Crippen molar-refractivity contribution in [3.8, 4) is 5.75 Å². The molecule has 0 bridgehead atoms. The van der Waals surface area contributed by atoms with Gasteiger partial charge < -0.3 is 15.2 Å². The Morgan fingerprint density at radius 3 is 2.47 bits per heavy atom. The Balaban J connectivity index is 2.87. The largest absolute Gasteiger partial charge is 0.489 e. The monoisotopic (exact) mass is 265 g/mol. The number of hydrogen-bond acceptors (Lipinski definition) is 3. The molecule has 2 N–H and O–H groups in total. The summed E-state index contributed by atoms with van der Waals surface area (Å²) in [4.78, 5) is 22.8. The highest BCUT2D eigenvalue weighted by Crippen LogP contribution is 2.25. The maximum Gasteiger partial charge on any atom is 0.316 e. The zero-order chi connectivity index (χ0) is 14.4. The van der Waals surface area contributed by atoms with Gasteiger partial charge in [-0.2, -0.15) is 0 Å². The Bertz CT molecular complexity index is 457. The van der Waals surface area contributed by atoms with Gasteiger partial charge in [-0.05, 0) is 32.4 Å². The number of carbonyl (C=O) groups excluding carboxylic acids is 1. The van der Waals surface area contributed by atoms with Crippen molar-refractivity contribution in [2.45, 2.75) is 33.3 Å². The van der Waals surface area contributed by atoms with Crippen LogP contribution in [0.5, 0.6) is 5.75 Å². The second kappa shape index (κ2) is 6.78. The zero-order valence-corrected chi connectivity index (χ0v) is 11.3. The number of nitrogens with one attached hydrogen (secondary N) is 1. The van der Waals surface area contributed by atoms with Gasteiger partial charge in [0.05, 0.1) is 11.8 Å². The summed E-state index contributed by atoms with van der Waals surface area (Å²) in [5.41, 5.74) is 0.487. The number of carbonyl (C=O) groups is 2. The molecule has 1 rings (SSSR count). The van der Waals surface area contributed by atoms with Crippen molar-refractivity contribution in [3.05, 3.63) is 24.3 Å². The average Bonchev–Trinajstić information content (AvgIpc) is 2.31. The van der Waals surface area contributed by atoms with Gasteiger partial charge in [0.1, 0.15) is 11.7 Å². The highest BCUT2D eigenvalue weighted by Gasteiger charge is 2.24. The number of amides is 1. The van der Waals surface area contributed by atoms with Crippen LogP contribution in [-0.2, 0) is 9.59 Å². The first-order chi connectivity index (χ1) is 8.95. The van der Waals surface area contributed by atoms with Crippen LogP contribution in [0.4, 0.5) is 5.69 Å². The first kappa shape index (κ1) is 15.0. The highest BCUT2D eigenvalue weighted by molar-refractivity contribution is 6.04. The van der Waals surface area contributed by atoms with E-state index in [0.717, 1.165) is 0 Å².